The number of ether oxygens (including phenoxy) is 1. The molecule has 33 heavy (non-hydrogen) atoms. The number of anilines is 1. The molecule has 0 bridgehead atoms. The molecule has 0 aromatic heterocycles. The predicted molar refractivity (Wildman–Crippen MR) is 135 cm³/mol. The van der Waals surface area contributed by atoms with Gasteiger partial charge in [-0.1, -0.05) is 74.5 Å². The van der Waals surface area contributed by atoms with Crippen LogP contribution < -0.4 is 9.64 Å². The summed E-state index contributed by atoms with van der Waals surface area (Å²) < 4.78 is 6.06. The first kappa shape index (κ1) is 21.0. The van der Waals surface area contributed by atoms with Gasteiger partial charge < -0.3 is 9.64 Å². The van der Waals surface area contributed by atoms with E-state index in [0.717, 1.165) is 12.2 Å². The van der Waals surface area contributed by atoms with Crippen molar-refractivity contribution in [3.8, 4) is 11.5 Å². The van der Waals surface area contributed by atoms with Gasteiger partial charge in [0, 0.05) is 29.4 Å². The average molecular weight is 434 g/mol. The quantitative estimate of drug-likeness (QED) is 0.241. The van der Waals surface area contributed by atoms with Gasteiger partial charge in [-0.25, -0.2) is 0 Å². The van der Waals surface area contributed by atoms with E-state index in [2.05, 4.69) is 62.1 Å². The lowest BCUT2D eigenvalue weighted by Gasteiger charge is -2.26. The van der Waals surface area contributed by atoms with Crippen LogP contribution in [0.15, 0.2) is 103 Å². The average Bonchev–Trinajstić information content (AvgIpc) is 3.06. The zero-order chi connectivity index (χ0) is 23.0. The van der Waals surface area contributed by atoms with E-state index in [1.165, 1.54) is 22.0 Å². The second-order valence-corrected chi connectivity index (χ2v) is 8.86. The number of benzene rings is 4. The van der Waals surface area contributed by atoms with E-state index in [4.69, 9.17) is 4.74 Å². The molecule has 3 nitrogen and oxygen atoms in total. The lowest BCUT2D eigenvalue weighted by Crippen LogP contribution is -2.27. The van der Waals surface area contributed by atoms with Crippen LogP contribution in [0.5, 0.6) is 11.5 Å². The Labute approximate surface area is 194 Å². The molecule has 0 spiro atoms. The van der Waals surface area contributed by atoms with Gasteiger partial charge in [-0.3, -0.25) is 4.79 Å². The van der Waals surface area contributed by atoms with Crippen LogP contribution in [0.2, 0.25) is 0 Å². The van der Waals surface area contributed by atoms with Crippen molar-refractivity contribution in [3.63, 3.8) is 0 Å². The number of rotatable bonds is 5. The number of para-hydroxylation sites is 2. The van der Waals surface area contributed by atoms with E-state index in [1.54, 1.807) is 6.08 Å². The summed E-state index contributed by atoms with van der Waals surface area (Å²) in [6.07, 6.45) is 1.80. The number of carbonyl (C=O) groups excluding carboxylic acids is 1. The van der Waals surface area contributed by atoms with Crippen molar-refractivity contribution < 1.29 is 9.53 Å². The maximum absolute atomic E-state index is 13.6. The fourth-order valence-electron chi connectivity index (χ4n) is 4.91. The lowest BCUT2D eigenvalue weighted by atomic mass is 9.80. The standard InChI is InChI=1S/C30H27NO2/c1-4-31-25-19-18-21-12-8-9-15-23(21)29(25)30(2,3)28(31)20-26(32)24-16-10-11-17-27(24)33-22-13-6-5-7-14-22/h5-20H,4H2,1-3H3/b28-20-. The minimum Gasteiger partial charge on any atom is -0.457 e. The van der Waals surface area contributed by atoms with Crippen molar-refractivity contribution in [2.45, 2.75) is 26.2 Å². The highest BCUT2D eigenvalue weighted by atomic mass is 16.5. The highest BCUT2D eigenvalue weighted by Crippen LogP contribution is 2.50. The van der Waals surface area contributed by atoms with Crippen LogP contribution in [0.25, 0.3) is 10.8 Å². The van der Waals surface area contributed by atoms with Gasteiger partial charge in [0.1, 0.15) is 11.5 Å². The minimum absolute atomic E-state index is 0.0554. The molecule has 1 aliphatic heterocycles. The van der Waals surface area contributed by atoms with E-state index in [9.17, 15) is 4.79 Å². The number of likely N-dealkylation sites (N-methyl/N-ethyl adjacent to an activating group) is 1. The Morgan fingerprint density at radius 3 is 2.36 bits per heavy atom. The van der Waals surface area contributed by atoms with Crippen LogP contribution in [-0.2, 0) is 5.41 Å². The topological polar surface area (TPSA) is 29.5 Å². The number of nitrogens with zero attached hydrogens (tertiary/aromatic N) is 1. The zero-order valence-corrected chi connectivity index (χ0v) is 19.2. The Morgan fingerprint density at radius 1 is 0.879 bits per heavy atom. The second kappa shape index (κ2) is 8.25. The SMILES string of the molecule is CCN1/C(=C\C(=O)c2ccccc2Oc2ccccc2)C(C)(C)c2c1ccc1ccccc21. The maximum atomic E-state index is 13.6. The first-order valence-corrected chi connectivity index (χ1v) is 11.4. The fraction of sp³-hybridized carbons (Fsp3) is 0.167. The van der Waals surface area contributed by atoms with Gasteiger partial charge in [0.25, 0.3) is 0 Å². The fourth-order valence-corrected chi connectivity index (χ4v) is 4.91. The third kappa shape index (κ3) is 3.60. The third-order valence-electron chi connectivity index (χ3n) is 6.46. The summed E-state index contributed by atoms with van der Waals surface area (Å²) >= 11 is 0. The zero-order valence-electron chi connectivity index (χ0n) is 19.2. The molecular weight excluding hydrogens is 406 g/mol. The van der Waals surface area contributed by atoms with Crippen LogP contribution in [0.4, 0.5) is 5.69 Å². The lowest BCUT2D eigenvalue weighted by molar-refractivity contribution is 0.104. The van der Waals surface area contributed by atoms with Crippen LogP contribution in [0.3, 0.4) is 0 Å². The summed E-state index contributed by atoms with van der Waals surface area (Å²) in [7, 11) is 0. The molecule has 0 fully saturated rings. The molecule has 0 saturated carbocycles. The van der Waals surface area contributed by atoms with Gasteiger partial charge in [-0.05, 0) is 53.6 Å². The van der Waals surface area contributed by atoms with Gasteiger partial charge in [-0.15, -0.1) is 0 Å². The van der Waals surface area contributed by atoms with Crippen LogP contribution in [0.1, 0.15) is 36.7 Å². The summed E-state index contributed by atoms with van der Waals surface area (Å²) in [5.41, 5.74) is 3.71. The molecule has 1 heterocycles. The summed E-state index contributed by atoms with van der Waals surface area (Å²) in [5, 5.41) is 2.46. The molecule has 0 radical (unpaired) electrons. The van der Waals surface area contributed by atoms with Crippen LogP contribution in [-0.4, -0.2) is 12.3 Å². The van der Waals surface area contributed by atoms with Gasteiger partial charge >= 0.3 is 0 Å². The second-order valence-electron chi connectivity index (χ2n) is 8.86. The smallest absolute Gasteiger partial charge is 0.191 e. The van der Waals surface area contributed by atoms with Crippen molar-refractivity contribution in [3.05, 3.63) is 114 Å². The van der Waals surface area contributed by atoms with Crippen molar-refractivity contribution in [2.75, 3.05) is 11.4 Å². The number of allylic oxidation sites excluding steroid dienone is 2. The van der Waals surface area contributed by atoms with E-state index in [1.807, 2.05) is 54.6 Å². The molecule has 4 aromatic carbocycles. The van der Waals surface area contributed by atoms with Crippen LogP contribution >= 0.6 is 0 Å². The monoisotopic (exact) mass is 433 g/mol. The van der Waals surface area contributed by atoms with Gasteiger partial charge in [0.05, 0.1) is 5.56 Å². The first-order valence-electron chi connectivity index (χ1n) is 11.4. The number of carbonyl (C=O) groups is 1. The predicted octanol–water partition coefficient (Wildman–Crippen LogP) is 7.52. The molecule has 1 aliphatic rings. The minimum atomic E-state index is -0.308. The Bertz CT molecular complexity index is 1370. The maximum Gasteiger partial charge on any atom is 0.191 e. The Kier molecular flexibility index (Phi) is 5.26. The highest BCUT2D eigenvalue weighted by Gasteiger charge is 2.41. The molecule has 0 N–H and O–H groups in total. The number of hydrogen-bond donors (Lipinski definition) is 0. The van der Waals surface area contributed by atoms with Crippen molar-refractivity contribution in [1.29, 1.82) is 0 Å². The Morgan fingerprint density at radius 2 is 1.58 bits per heavy atom. The molecule has 3 heteroatoms. The molecule has 0 atom stereocenters. The summed E-state index contributed by atoms with van der Waals surface area (Å²) in [4.78, 5) is 15.9. The van der Waals surface area contributed by atoms with E-state index in [0.29, 0.717) is 17.1 Å². The molecule has 164 valence electrons. The highest BCUT2D eigenvalue weighted by molar-refractivity contribution is 6.08. The van der Waals surface area contributed by atoms with Crippen molar-refractivity contribution in [1.82, 2.24) is 0 Å². The molecule has 0 saturated heterocycles. The molecule has 5 rings (SSSR count). The summed E-state index contributed by atoms with van der Waals surface area (Å²) in [6, 6.07) is 29.8. The molecule has 0 aliphatic carbocycles. The third-order valence-corrected chi connectivity index (χ3v) is 6.46. The summed E-state index contributed by atoms with van der Waals surface area (Å²) in [6.45, 7) is 7.33. The number of ketones is 1. The summed E-state index contributed by atoms with van der Waals surface area (Å²) in [5.74, 6) is 1.22. The van der Waals surface area contributed by atoms with E-state index < -0.39 is 0 Å². The molecule has 4 aromatic rings. The van der Waals surface area contributed by atoms with Gasteiger partial charge in [-0.2, -0.15) is 0 Å². The van der Waals surface area contributed by atoms with Crippen LogP contribution in [0, 0.1) is 0 Å². The number of fused-ring (bicyclic) bond motifs is 3. The van der Waals surface area contributed by atoms with E-state index in [-0.39, 0.29) is 11.2 Å². The molecular formula is C30H27NO2. The van der Waals surface area contributed by atoms with Gasteiger partial charge in [0.15, 0.2) is 5.78 Å². The molecule has 0 amide bonds. The Hall–Kier alpha value is -3.85. The Balaban J connectivity index is 1.58. The molecule has 0 unspecified atom stereocenters. The van der Waals surface area contributed by atoms with E-state index >= 15 is 0 Å². The first-order chi connectivity index (χ1) is 16.0. The van der Waals surface area contributed by atoms with Crippen molar-refractivity contribution >= 4 is 22.2 Å². The van der Waals surface area contributed by atoms with Crippen molar-refractivity contribution in [2.24, 2.45) is 0 Å². The normalized spacial score (nSPS) is 15.6. The number of hydrogen-bond acceptors (Lipinski definition) is 3. The largest absolute Gasteiger partial charge is 0.457 e. The van der Waals surface area contributed by atoms with Gasteiger partial charge in [0.2, 0.25) is 0 Å².